The summed E-state index contributed by atoms with van der Waals surface area (Å²) >= 11 is 1.38. The van der Waals surface area contributed by atoms with E-state index in [0.717, 1.165) is 30.1 Å². The van der Waals surface area contributed by atoms with Crippen LogP contribution in [0.2, 0.25) is 0 Å². The maximum Gasteiger partial charge on any atom is 0.261 e. The zero-order chi connectivity index (χ0) is 17.4. The van der Waals surface area contributed by atoms with Gasteiger partial charge in [-0.25, -0.2) is 4.98 Å². The summed E-state index contributed by atoms with van der Waals surface area (Å²) in [6.45, 7) is 5.46. The van der Waals surface area contributed by atoms with Gasteiger partial charge in [-0.05, 0) is 25.5 Å². The Balaban J connectivity index is 2.13. The molecule has 0 aliphatic heterocycles. The molecule has 0 aliphatic rings. The van der Waals surface area contributed by atoms with Gasteiger partial charge in [0.2, 0.25) is 0 Å². The van der Waals surface area contributed by atoms with E-state index in [1.165, 1.54) is 11.3 Å². The zero-order valence-electron chi connectivity index (χ0n) is 14.3. The lowest BCUT2D eigenvalue weighted by Crippen LogP contribution is -2.14. The highest BCUT2D eigenvalue weighted by Crippen LogP contribution is 2.27. The van der Waals surface area contributed by atoms with Crippen molar-refractivity contribution in [3.63, 3.8) is 0 Å². The van der Waals surface area contributed by atoms with Crippen LogP contribution in [0.3, 0.4) is 0 Å². The van der Waals surface area contributed by atoms with E-state index in [9.17, 15) is 4.79 Å². The van der Waals surface area contributed by atoms with E-state index in [-0.39, 0.29) is 5.91 Å². The van der Waals surface area contributed by atoms with E-state index >= 15 is 0 Å². The minimum absolute atomic E-state index is 0.226. The van der Waals surface area contributed by atoms with Gasteiger partial charge in [-0.1, -0.05) is 24.7 Å². The molecule has 1 heterocycles. The summed E-state index contributed by atoms with van der Waals surface area (Å²) in [5.74, 6) is 0.345. The van der Waals surface area contributed by atoms with Crippen LogP contribution in [0.15, 0.2) is 24.4 Å². The number of hydrogen-bond donors (Lipinski definition) is 3. The normalized spacial score (nSPS) is 10.3. The molecule has 0 radical (unpaired) electrons. The van der Waals surface area contributed by atoms with Crippen LogP contribution in [0.1, 0.15) is 37.0 Å². The molecular weight excluding hydrogens is 324 g/mol. The van der Waals surface area contributed by atoms with Crippen molar-refractivity contribution >= 4 is 33.1 Å². The third-order valence-electron chi connectivity index (χ3n) is 3.36. The van der Waals surface area contributed by atoms with Gasteiger partial charge in [0, 0.05) is 25.3 Å². The molecule has 1 aromatic heterocycles. The number of nitrogens with zero attached hydrogens (tertiary/aromatic N) is 1. The fourth-order valence-electron chi connectivity index (χ4n) is 2.12. The van der Waals surface area contributed by atoms with E-state index in [1.807, 2.05) is 26.1 Å². The largest absolute Gasteiger partial charge is 0.493 e. The number of carbonyl (C=O) groups is 1. The standard InChI is InChI=1S/C17H24N4O2S/c1-4-6-9-19-12-7-8-13(14(10-12)23-5-2)16(22)21-17-20-11-15(18-3)24-17/h7-8,10-11,18-19H,4-6,9H2,1-3H3,(H,20,21,22). The maximum absolute atomic E-state index is 12.5. The number of aromatic nitrogens is 1. The molecule has 6 nitrogen and oxygen atoms in total. The van der Waals surface area contributed by atoms with Crippen LogP contribution in [0, 0.1) is 0 Å². The van der Waals surface area contributed by atoms with Crippen LogP contribution in [0.4, 0.5) is 15.8 Å². The van der Waals surface area contributed by atoms with Gasteiger partial charge in [-0.15, -0.1) is 0 Å². The lowest BCUT2D eigenvalue weighted by atomic mass is 10.1. The average molecular weight is 348 g/mol. The average Bonchev–Trinajstić information content (AvgIpc) is 3.03. The Kier molecular flexibility index (Phi) is 6.87. The summed E-state index contributed by atoms with van der Waals surface area (Å²) < 4.78 is 5.64. The Hall–Kier alpha value is -2.28. The summed E-state index contributed by atoms with van der Waals surface area (Å²) in [6.07, 6.45) is 3.92. The second-order valence-electron chi connectivity index (χ2n) is 5.16. The highest BCUT2D eigenvalue weighted by molar-refractivity contribution is 7.19. The van der Waals surface area contributed by atoms with Crippen molar-refractivity contribution in [2.45, 2.75) is 26.7 Å². The van der Waals surface area contributed by atoms with Gasteiger partial charge in [-0.2, -0.15) is 0 Å². The second-order valence-corrected chi connectivity index (χ2v) is 6.19. The Bertz CT molecular complexity index is 672. The van der Waals surface area contributed by atoms with Crippen molar-refractivity contribution in [2.24, 2.45) is 0 Å². The fourth-order valence-corrected chi connectivity index (χ4v) is 2.78. The highest BCUT2D eigenvalue weighted by atomic mass is 32.1. The third kappa shape index (κ3) is 4.86. The van der Waals surface area contributed by atoms with Gasteiger partial charge in [-0.3, -0.25) is 10.1 Å². The molecule has 0 saturated heterocycles. The Labute approximate surface area is 146 Å². The number of ether oxygens (including phenoxy) is 1. The molecule has 3 N–H and O–H groups in total. The predicted molar refractivity (Wildman–Crippen MR) is 101 cm³/mol. The summed E-state index contributed by atoms with van der Waals surface area (Å²) in [5.41, 5.74) is 1.45. The molecule has 1 aromatic carbocycles. The van der Waals surface area contributed by atoms with Crippen molar-refractivity contribution in [3.8, 4) is 5.75 Å². The van der Waals surface area contributed by atoms with Crippen LogP contribution in [0.5, 0.6) is 5.75 Å². The first kappa shape index (κ1) is 18.1. The summed E-state index contributed by atoms with van der Waals surface area (Å²) in [5, 5.41) is 10.6. The number of hydrogen-bond acceptors (Lipinski definition) is 6. The van der Waals surface area contributed by atoms with Crippen molar-refractivity contribution < 1.29 is 9.53 Å². The van der Waals surface area contributed by atoms with Gasteiger partial charge in [0.15, 0.2) is 5.13 Å². The van der Waals surface area contributed by atoms with Gasteiger partial charge in [0.25, 0.3) is 5.91 Å². The molecule has 0 saturated carbocycles. The molecule has 7 heteroatoms. The first-order valence-corrected chi connectivity index (χ1v) is 8.95. The zero-order valence-corrected chi connectivity index (χ0v) is 15.1. The minimum Gasteiger partial charge on any atom is -0.493 e. The Morgan fingerprint density at radius 1 is 1.33 bits per heavy atom. The molecule has 0 fully saturated rings. The molecule has 2 aromatic rings. The maximum atomic E-state index is 12.5. The van der Waals surface area contributed by atoms with Crippen molar-refractivity contribution in [1.82, 2.24) is 4.98 Å². The molecular formula is C17H24N4O2S. The predicted octanol–water partition coefficient (Wildman–Crippen LogP) is 4.05. The van der Waals surface area contributed by atoms with Crippen LogP contribution < -0.4 is 20.7 Å². The van der Waals surface area contributed by atoms with E-state index in [1.54, 1.807) is 12.3 Å². The van der Waals surface area contributed by atoms with Crippen molar-refractivity contribution in [1.29, 1.82) is 0 Å². The second kappa shape index (κ2) is 9.12. The molecule has 0 aliphatic carbocycles. The lowest BCUT2D eigenvalue weighted by Gasteiger charge is -2.13. The number of carbonyl (C=O) groups excluding carboxylic acids is 1. The van der Waals surface area contributed by atoms with Gasteiger partial charge < -0.3 is 15.4 Å². The first-order valence-electron chi connectivity index (χ1n) is 8.13. The monoisotopic (exact) mass is 348 g/mol. The summed E-state index contributed by atoms with van der Waals surface area (Å²) in [6, 6.07) is 5.55. The number of unbranched alkanes of at least 4 members (excludes halogenated alkanes) is 1. The van der Waals surface area contributed by atoms with Crippen LogP contribution >= 0.6 is 11.3 Å². The van der Waals surface area contributed by atoms with E-state index in [4.69, 9.17) is 4.74 Å². The number of benzene rings is 1. The van der Waals surface area contributed by atoms with Gasteiger partial charge in [0.05, 0.1) is 18.4 Å². The van der Waals surface area contributed by atoms with Crippen LogP contribution in [0.25, 0.3) is 0 Å². The number of amides is 1. The molecule has 2 rings (SSSR count). The lowest BCUT2D eigenvalue weighted by molar-refractivity contribution is 0.102. The molecule has 130 valence electrons. The molecule has 0 unspecified atom stereocenters. The van der Waals surface area contributed by atoms with E-state index in [2.05, 4.69) is 27.9 Å². The number of nitrogens with one attached hydrogen (secondary N) is 3. The van der Waals surface area contributed by atoms with Gasteiger partial charge in [0.1, 0.15) is 10.8 Å². The topological polar surface area (TPSA) is 75.3 Å². The fraction of sp³-hybridized carbons (Fsp3) is 0.412. The SMILES string of the molecule is CCCCNc1ccc(C(=O)Nc2ncc(NC)s2)c(OCC)c1. The van der Waals surface area contributed by atoms with Crippen LogP contribution in [-0.4, -0.2) is 31.1 Å². The first-order chi connectivity index (χ1) is 11.7. The van der Waals surface area contributed by atoms with Crippen molar-refractivity contribution in [3.05, 3.63) is 30.0 Å². The highest BCUT2D eigenvalue weighted by Gasteiger charge is 2.15. The Morgan fingerprint density at radius 2 is 2.17 bits per heavy atom. The minimum atomic E-state index is -0.226. The smallest absolute Gasteiger partial charge is 0.261 e. The number of anilines is 3. The number of rotatable bonds is 9. The summed E-state index contributed by atoms with van der Waals surface area (Å²) in [7, 11) is 1.82. The number of thiazole rings is 1. The van der Waals surface area contributed by atoms with E-state index in [0.29, 0.717) is 23.1 Å². The molecule has 24 heavy (non-hydrogen) atoms. The quantitative estimate of drug-likeness (QED) is 0.596. The van der Waals surface area contributed by atoms with E-state index < -0.39 is 0 Å². The Morgan fingerprint density at radius 3 is 2.83 bits per heavy atom. The molecule has 0 bridgehead atoms. The van der Waals surface area contributed by atoms with Crippen LogP contribution in [-0.2, 0) is 0 Å². The summed E-state index contributed by atoms with van der Waals surface area (Å²) in [4.78, 5) is 16.7. The van der Waals surface area contributed by atoms with Crippen molar-refractivity contribution in [2.75, 3.05) is 36.1 Å². The third-order valence-corrected chi connectivity index (χ3v) is 4.29. The van der Waals surface area contributed by atoms with Gasteiger partial charge >= 0.3 is 0 Å². The molecule has 1 amide bonds. The molecule has 0 spiro atoms. The molecule has 0 atom stereocenters.